The van der Waals surface area contributed by atoms with Crippen LogP contribution in [0.25, 0.3) is 5.82 Å². The van der Waals surface area contributed by atoms with Gasteiger partial charge in [0.2, 0.25) is 0 Å². The number of nitrogens with zero attached hydrogens (tertiary/aromatic N) is 2. The molecule has 0 fully saturated rings. The molecule has 0 radical (unpaired) electrons. The van der Waals surface area contributed by atoms with E-state index in [2.05, 4.69) is 20.9 Å². The van der Waals surface area contributed by atoms with Crippen molar-refractivity contribution < 1.29 is 5.11 Å². The van der Waals surface area contributed by atoms with Crippen LogP contribution in [0.1, 0.15) is 18.3 Å². The third-order valence-electron chi connectivity index (χ3n) is 2.70. The van der Waals surface area contributed by atoms with Crippen LogP contribution >= 0.6 is 0 Å². The van der Waals surface area contributed by atoms with Gasteiger partial charge < -0.3 is 15.0 Å². The van der Waals surface area contributed by atoms with E-state index in [1.54, 1.807) is 6.92 Å². The van der Waals surface area contributed by atoms with Crippen LogP contribution in [0.15, 0.2) is 36.5 Å². The number of aliphatic hydroxyl groups is 1. The fraction of sp³-hybridized carbons (Fsp3) is 0.357. The molecule has 1 atom stereocenters. The topological polar surface area (TPSA) is 50.1 Å². The predicted octanol–water partition coefficient (Wildman–Crippen LogP) is 1.65. The molecule has 0 bridgehead atoms. The fourth-order valence-electron chi connectivity index (χ4n) is 1.86. The standard InChI is InChI=1S/C14H19N3O/c1-11-5-3-7-14(16-11)17-8-4-6-13(17)10-15-9-12(2)18/h3-8,12,15,18H,9-10H2,1-2H3. The Morgan fingerprint density at radius 3 is 2.89 bits per heavy atom. The van der Waals surface area contributed by atoms with E-state index in [1.807, 2.05) is 37.4 Å². The first-order valence-corrected chi connectivity index (χ1v) is 6.16. The van der Waals surface area contributed by atoms with Crippen LogP contribution in [0.2, 0.25) is 0 Å². The molecule has 2 aromatic heterocycles. The molecule has 96 valence electrons. The summed E-state index contributed by atoms with van der Waals surface area (Å²) in [6.07, 6.45) is 1.67. The molecule has 4 nitrogen and oxygen atoms in total. The Balaban J connectivity index is 2.12. The Kier molecular flexibility index (Phi) is 4.12. The van der Waals surface area contributed by atoms with Crippen molar-refractivity contribution in [3.05, 3.63) is 47.9 Å². The first-order valence-electron chi connectivity index (χ1n) is 6.16. The molecule has 4 heteroatoms. The van der Waals surface area contributed by atoms with Crippen LogP contribution in [0, 0.1) is 6.92 Å². The average Bonchev–Trinajstić information content (AvgIpc) is 2.77. The molecule has 0 amide bonds. The highest BCUT2D eigenvalue weighted by Gasteiger charge is 2.04. The summed E-state index contributed by atoms with van der Waals surface area (Å²) in [5.74, 6) is 0.925. The van der Waals surface area contributed by atoms with Crippen molar-refractivity contribution in [1.82, 2.24) is 14.9 Å². The number of aliphatic hydroxyl groups excluding tert-OH is 1. The highest BCUT2D eigenvalue weighted by Crippen LogP contribution is 2.10. The predicted molar refractivity (Wildman–Crippen MR) is 71.7 cm³/mol. The number of aromatic nitrogens is 2. The van der Waals surface area contributed by atoms with Crippen LogP contribution in [0.4, 0.5) is 0 Å². The SMILES string of the molecule is Cc1cccc(-n2cccc2CNCC(C)O)n1. The molecule has 2 aromatic rings. The van der Waals surface area contributed by atoms with E-state index in [0.717, 1.165) is 17.2 Å². The lowest BCUT2D eigenvalue weighted by Gasteiger charge is -2.11. The summed E-state index contributed by atoms with van der Waals surface area (Å²) >= 11 is 0. The molecule has 2 heterocycles. The Labute approximate surface area is 107 Å². The summed E-state index contributed by atoms with van der Waals surface area (Å²) in [6.45, 7) is 5.06. The largest absolute Gasteiger partial charge is 0.392 e. The Morgan fingerprint density at radius 2 is 2.17 bits per heavy atom. The van der Waals surface area contributed by atoms with Gasteiger partial charge in [0.25, 0.3) is 0 Å². The van der Waals surface area contributed by atoms with Crippen LogP contribution < -0.4 is 5.32 Å². The zero-order chi connectivity index (χ0) is 13.0. The van der Waals surface area contributed by atoms with Gasteiger partial charge in [0.1, 0.15) is 5.82 Å². The second kappa shape index (κ2) is 5.80. The third kappa shape index (κ3) is 3.18. The van der Waals surface area contributed by atoms with Gasteiger partial charge in [-0.15, -0.1) is 0 Å². The molecular formula is C14H19N3O. The van der Waals surface area contributed by atoms with Crippen molar-refractivity contribution in [2.45, 2.75) is 26.5 Å². The van der Waals surface area contributed by atoms with E-state index in [1.165, 1.54) is 0 Å². The molecule has 0 saturated heterocycles. The zero-order valence-corrected chi connectivity index (χ0v) is 10.8. The van der Waals surface area contributed by atoms with Crippen molar-refractivity contribution >= 4 is 0 Å². The van der Waals surface area contributed by atoms with Gasteiger partial charge in [-0.25, -0.2) is 4.98 Å². The van der Waals surface area contributed by atoms with E-state index in [4.69, 9.17) is 0 Å². The second-order valence-corrected chi connectivity index (χ2v) is 4.49. The summed E-state index contributed by atoms with van der Waals surface area (Å²) in [5.41, 5.74) is 2.14. The molecule has 1 unspecified atom stereocenters. The highest BCUT2D eigenvalue weighted by molar-refractivity contribution is 5.29. The van der Waals surface area contributed by atoms with E-state index >= 15 is 0 Å². The molecular weight excluding hydrogens is 226 g/mol. The smallest absolute Gasteiger partial charge is 0.137 e. The van der Waals surface area contributed by atoms with Gasteiger partial charge in [-0.05, 0) is 38.1 Å². The number of aryl methyl sites for hydroxylation is 1. The highest BCUT2D eigenvalue weighted by atomic mass is 16.3. The molecule has 0 aliphatic carbocycles. The van der Waals surface area contributed by atoms with Crippen LogP contribution in [0.3, 0.4) is 0 Å². The van der Waals surface area contributed by atoms with E-state index in [9.17, 15) is 5.11 Å². The Hall–Kier alpha value is -1.65. The van der Waals surface area contributed by atoms with E-state index in [0.29, 0.717) is 13.1 Å². The van der Waals surface area contributed by atoms with Gasteiger partial charge in [-0.1, -0.05) is 6.07 Å². The van der Waals surface area contributed by atoms with Gasteiger partial charge in [-0.3, -0.25) is 0 Å². The van der Waals surface area contributed by atoms with Crippen LogP contribution in [0.5, 0.6) is 0 Å². The normalized spacial score (nSPS) is 12.6. The monoisotopic (exact) mass is 245 g/mol. The molecule has 2 rings (SSSR count). The van der Waals surface area contributed by atoms with Gasteiger partial charge in [0.05, 0.1) is 6.10 Å². The molecule has 0 saturated carbocycles. The molecule has 0 aromatic carbocycles. The average molecular weight is 245 g/mol. The van der Waals surface area contributed by atoms with Crippen LogP contribution in [-0.4, -0.2) is 27.3 Å². The zero-order valence-electron chi connectivity index (χ0n) is 10.8. The van der Waals surface area contributed by atoms with E-state index in [-0.39, 0.29) is 6.10 Å². The van der Waals surface area contributed by atoms with Crippen molar-refractivity contribution in [1.29, 1.82) is 0 Å². The minimum absolute atomic E-state index is 0.328. The molecule has 2 N–H and O–H groups in total. The molecule has 0 aliphatic rings. The first-order chi connectivity index (χ1) is 8.66. The summed E-state index contributed by atoms with van der Waals surface area (Å²) in [6, 6.07) is 10.0. The molecule has 0 aliphatic heterocycles. The number of rotatable bonds is 5. The maximum absolute atomic E-state index is 9.22. The lowest BCUT2D eigenvalue weighted by molar-refractivity contribution is 0.190. The van der Waals surface area contributed by atoms with Crippen molar-refractivity contribution in [2.75, 3.05) is 6.54 Å². The quantitative estimate of drug-likeness (QED) is 0.842. The first kappa shape index (κ1) is 12.8. The van der Waals surface area contributed by atoms with Gasteiger partial charge in [0, 0.05) is 30.7 Å². The van der Waals surface area contributed by atoms with E-state index < -0.39 is 0 Å². The lowest BCUT2D eigenvalue weighted by atomic mass is 10.3. The van der Waals surface area contributed by atoms with Gasteiger partial charge in [-0.2, -0.15) is 0 Å². The van der Waals surface area contributed by atoms with Crippen molar-refractivity contribution in [3.63, 3.8) is 0 Å². The number of pyridine rings is 1. The number of hydrogen-bond donors (Lipinski definition) is 2. The second-order valence-electron chi connectivity index (χ2n) is 4.49. The minimum atomic E-state index is -0.328. The lowest BCUT2D eigenvalue weighted by Crippen LogP contribution is -2.24. The Bertz CT molecular complexity index is 505. The van der Waals surface area contributed by atoms with Crippen molar-refractivity contribution in [2.24, 2.45) is 0 Å². The number of hydrogen-bond acceptors (Lipinski definition) is 3. The minimum Gasteiger partial charge on any atom is -0.392 e. The van der Waals surface area contributed by atoms with Gasteiger partial charge >= 0.3 is 0 Å². The molecule has 18 heavy (non-hydrogen) atoms. The van der Waals surface area contributed by atoms with Crippen molar-refractivity contribution in [3.8, 4) is 5.82 Å². The molecule has 0 spiro atoms. The maximum Gasteiger partial charge on any atom is 0.137 e. The summed E-state index contributed by atoms with van der Waals surface area (Å²) in [7, 11) is 0. The Morgan fingerprint density at radius 1 is 1.33 bits per heavy atom. The number of nitrogens with one attached hydrogen (secondary N) is 1. The van der Waals surface area contributed by atoms with Crippen LogP contribution in [-0.2, 0) is 6.54 Å². The maximum atomic E-state index is 9.22. The summed E-state index contributed by atoms with van der Waals surface area (Å²) in [4.78, 5) is 4.51. The third-order valence-corrected chi connectivity index (χ3v) is 2.70. The fourth-order valence-corrected chi connectivity index (χ4v) is 1.86. The summed E-state index contributed by atoms with van der Waals surface area (Å²) < 4.78 is 2.06. The summed E-state index contributed by atoms with van der Waals surface area (Å²) in [5, 5.41) is 12.4. The van der Waals surface area contributed by atoms with Gasteiger partial charge in [0.15, 0.2) is 0 Å².